The van der Waals surface area contributed by atoms with E-state index < -0.39 is 0 Å². The Hall–Kier alpha value is -1.47. The molecule has 3 rings (SSSR count). The zero-order valence-corrected chi connectivity index (χ0v) is 13.4. The van der Waals surface area contributed by atoms with Crippen LogP contribution in [0.2, 0.25) is 0 Å². The Labute approximate surface area is 137 Å². The van der Waals surface area contributed by atoms with Gasteiger partial charge in [0.25, 0.3) is 0 Å². The van der Waals surface area contributed by atoms with Gasteiger partial charge in [-0.3, -0.25) is 9.69 Å². The van der Waals surface area contributed by atoms with E-state index in [2.05, 4.69) is 33.7 Å². The third kappa shape index (κ3) is 5.00. The molecular weight excluding hydrogens is 294 g/mol. The molecule has 0 spiro atoms. The van der Waals surface area contributed by atoms with Gasteiger partial charge in [-0.15, -0.1) is 0 Å². The number of benzene rings is 1. The van der Waals surface area contributed by atoms with E-state index in [1.165, 1.54) is 5.56 Å². The van der Waals surface area contributed by atoms with Gasteiger partial charge in [0.2, 0.25) is 5.91 Å². The highest BCUT2D eigenvalue weighted by molar-refractivity contribution is 5.81. The highest BCUT2D eigenvalue weighted by Gasteiger charge is 2.20. The highest BCUT2D eigenvalue weighted by Crippen LogP contribution is 2.10. The molecule has 6 heteroatoms. The second-order valence-corrected chi connectivity index (χ2v) is 6.01. The first kappa shape index (κ1) is 16.4. The van der Waals surface area contributed by atoms with E-state index in [0.717, 1.165) is 45.0 Å². The lowest BCUT2D eigenvalue weighted by molar-refractivity contribution is -0.126. The third-order valence-electron chi connectivity index (χ3n) is 4.21. The van der Waals surface area contributed by atoms with Crippen molar-refractivity contribution in [3.63, 3.8) is 0 Å². The molecule has 1 aromatic rings. The van der Waals surface area contributed by atoms with Gasteiger partial charge in [0, 0.05) is 32.7 Å². The molecule has 2 aliphatic heterocycles. The smallest absolute Gasteiger partial charge is 0.239 e. The fourth-order valence-electron chi connectivity index (χ4n) is 2.90. The molecule has 0 aromatic heterocycles. The summed E-state index contributed by atoms with van der Waals surface area (Å²) < 4.78 is 10.7. The minimum atomic E-state index is -0.236. The predicted molar refractivity (Wildman–Crippen MR) is 87.0 cm³/mol. The molecule has 0 saturated carbocycles. The van der Waals surface area contributed by atoms with Gasteiger partial charge in [-0.1, -0.05) is 24.3 Å². The van der Waals surface area contributed by atoms with Crippen LogP contribution in [0.3, 0.4) is 0 Å². The number of ether oxygens (including phenoxy) is 2. The van der Waals surface area contributed by atoms with Crippen molar-refractivity contribution in [1.82, 2.24) is 15.5 Å². The number of nitrogens with zero attached hydrogens (tertiary/aromatic N) is 1. The summed E-state index contributed by atoms with van der Waals surface area (Å²) in [6.45, 7) is 6.92. The molecule has 23 heavy (non-hydrogen) atoms. The van der Waals surface area contributed by atoms with Crippen LogP contribution in [0.5, 0.6) is 0 Å². The summed E-state index contributed by atoms with van der Waals surface area (Å²) in [5, 5.41) is 6.15. The highest BCUT2D eigenvalue weighted by atomic mass is 16.5. The van der Waals surface area contributed by atoms with Crippen molar-refractivity contribution in [2.24, 2.45) is 0 Å². The first-order chi connectivity index (χ1) is 11.3. The lowest BCUT2D eigenvalue weighted by Crippen LogP contribution is -2.51. The maximum atomic E-state index is 12.1. The maximum absolute atomic E-state index is 12.1. The number of hydrogen-bond acceptors (Lipinski definition) is 5. The van der Waals surface area contributed by atoms with Gasteiger partial charge in [-0.25, -0.2) is 0 Å². The van der Waals surface area contributed by atoms with Crippen LogP contribution in [0.4, 0.5) is 0 Å². The molecule has 2 heterocycles. The lowest BCUT2D eigenvalue weighted by Gasteiger charge is -2.26. The molecule has 126 valence electrons. The van der Waals surface area contributed by atoms with E-state index in [1.54, 1.807) is 0 Å². The van der Waals surface area contributed by atoms with Crippen molar-refractivity contribution >= 4 is 5.91 Å². The molecule has 2 N–H and O–H groups in total. The summed E-state index contributed by atoms with van der Waals surface area (Å²) >= 11 is 0. The Kier molecular flexibility index (Phi) is 5.99. The summed E-state index contributed by atoms with van der Waals surface area (Å²) in [6, 6.07) is 8.17. The average Bonchev–Trinajstić information content (AvgIpc) is 2.62. The number of rotatable bonds is 5. The van der Waals surface area contributed by atoms with Crippen LogP contribution >= 0.6 is 0 Å². The molecule has 0 radical (unpaired) electrons. The number of nitrogens with one attached hydrogen (secondary N) is 2. The topological polar surface area (TPSA) is 62.8 Å². The molecule has 6 nitrogen and oxygen atoms in total. The van der Waals surface area contributed by atoms with Crippen LogP contribution in [0, 0.1) is 0 Å². The van der Waals surface area contributed by atoms with E-state index in [4.69, 9.17) is 9.47 Å². The van der Waals surface area contributed by atoms with Crippen molar-refractivity contribution in [3.8, 4) is 0 Å². The molecule has 0 bridgehead atoms. The minimum Gasteiger partial charge on any atom is -0.379 e. The van der Waals surface area contributed by atoms with Gasteiger partial charge in [0.1, 0.15) is 6.04 Å². The van der Waals surface area contributed by atoms with Gasteiger partial charge < -0.3 is 20.1 Å². The van der Waals surface area contributed by atoms with Crippen LogP contribution in [0.25, 0.3) is 0 Å². The molecule has 1 amide bonds. The minimum absolute atomic E-state index is 0.00304. The standard InChI is InChI=1S/C17H25N3O3/c21-17(16-13-23-7-4-18-16)19-11-14-2-1-3-15(10-14)12-20-5-8-22-9-6-20/h1-3,10,16,18H,4-9,11-13H2,(H,19,21). The van der Waals surface area contributed by atoms with Gasteiger partial charge in [-0.2, -0.15) is 0 Å². The zero-order chi connectivity index (χ0) is 15.9. The zero-order valence-electron chi connectivity index (χ0n) is 13.4. The van der Waals surface area contributed by atoms with E-state index in [-0.39, 0.29) is 11.9 Å². The fraction of sp³-hybridized carbons (Fsp3) is 0.588. The van der Waals surface area contributed by atoms with Crippen molar-refractivity contribution in [2.75, 3.05) is 46.1 Å². The van der Waals surface area contributed by atoms with Crippen molar-refractivity contribution in [1.29, 1.82) is 0 Å². The molecule has 2 fully saturated rings. The van der Waals surface area contributed by atoms with Gasteiger partial charge in [0.05, 0.1) is 26.4 Å². The van der Waals surface area contributed by atoms with Crippen LogP contribution in [-0.2, 0) is 27.4 Å². The first-order valence-electron chi connectivity index (χ1n) is 8.28. The summed E-state index contributed by atoms with van der Waals surface area (Å²) in [7, 11) is 0. The fourth-order valence-corrected chi connectivity index (χ4v) is 2.90. The van der Waals surface area contributed by atoms with Crippen molar-refractivity contribution in [3.05, 3.63) is 35.4 Å². The number of amides is 1. The molecule has 2 saturated heterocycles. The number of carbonyl (C=O) groups excluding carboxylic acids is 1. The Bertz CT molecular complexity index is 512. The molecule has 2 aliphatic rings. The Morgan fingerprint density at radius 2 is 2.04 bits per heavy atom. The SMILES string of the molecule is O=C(NCc1cccc(CN2CCOCC2)c1)C1COCCN1. The number of morpholine rings is 2. The van der Waals surface area contributed by atoms with Crippen LogP contribution in [0.15, 0.2) is 24.3 Å². The van der Waals surface area contributed by atoms with Crippen molar-refractivity contribution in [2.45, 2.75) is 19.1 Å². The second kappa shape index (κ2) is 8.40. The monoisotopic (exact) mass is 319 g/mol. The largest absolute Gasteiger partial charge is 0.379 e. The summed E-state index contributed by atoms with van der Waals surface area (Å²) in [4.78, 5) is 14.5. The number of hydrogen-bond donors (Lipinski definition) is 2. The number of carbonyl (C=O) groups is 1. The van der Waals surface area contributed by atoms with Gasteiger partial charge >= 0.3 is 0 Å². The first-order valence-corrected chi connectivity index (χ1v) is 8.28. The van der Waals surface area contributed by atoms with Crippen LogP contribution in [-0.4, -0.2) is 62.9 Å². The molecule has 1 aromatic carbocycles. The normalized spacial score (nSPS) is 22.7. The van der Waals surface area contributed by atoms with E-state index in [9.17, 15) is 4.79 Å². The average molecular weight is 319 g/mol. The van der Waals surface area contributed by atoms with Crippen LogP contribution in [0.1, 0.15) is 11.1 Å². The second-order valence-electron chi connectivity index (χ2n) is 6.01. The molecule has 0 aliphatic carbocycles. The summed E-state index contributed by atoms with van der Waals surface area (Å²) in [6.07, 6.45) is 0. The molecule has 1 atom stereocenters. The van der Waals surface area contributed by atoms with Crippen LogP contribution < -0.4 is 10.6 Å². The Morgan fingerprint density at radius 3 is 2.83 bits per heavy atom. The lowest BCUT2D eigenvalue weighted by atomic mass is 10.1. The van der Waals surface area contributed by atoms with Gasteiger partial charge in [-0.05, 0) is 11.1 Å². The predicted octanol–water partition coefficient (Wildman–Crippen LogP) is 0.123. The van der Waals surface area contributed by atoms with Crippen molar-refractivity contribution < 1.29 is 14.3 Å². The quantitative estimate of drug-likeness (QED) is 0.807. The summed E-state index contributed by atoms with van der Waals surface area (Å²) in [5.41, 5.74) is 2.40. The molecular formula is C17H25N3O3. The Morgan fingerprint density at radius 1 is 1.22 bits per heavy atom. The van der Waals surface area contributed by atoms with Gasteiger partial charge in [0.15, 0.2) is 0 Å². The summed E-state index contributed by atoms with van der Waals surface area (Å²) in [5.74, 6) is 0.00304. The Balaban J connectivity index is 1.49. The maximum Gasteiger partial charge on any atom is 0.239 e. The third-order valence-corrected chi connectivity index (χ3v) is 4.21. The molecule has 1 unspecified atom stereocenters. The van der Waals surface area contributed by atoms with E-state index in [1.807, 2.05) is 6.07 Å². The van der Waals surface area contributed by atoms with E-state index in [0.29, 0.717) is 19.8 Å². The van der Waals surface area contributed by atoms with E-state index >= 15 is 0 Å².